The molecule has 72 valence electrons. The molecule has 0 bridgehead atoms. The van der Waals surface area contributed by atoms with Crippen LogP contribution in [-0.2, 0) is 11.8 Å². The van der Waals surface area contributed by atoms with Crippen molar-refractivity contribution in [2.45, 2.75) is 32.0 Å². The van der Waals surface area contributed by atoms with E-state index in [1.54, 1.807) is 0 Å². The Bertz CT molecular complexity index is 236. The quantitative estimate of drug-likeness (QED) is 0.694. The Morgan fingerprint density at radius 2 is 1.62 bits per heavy atom. The maximum atomic E-state index is 3.44. The Hall–Kier alpha value is -0.300. The van der Waals surface area contributed by atoms with Gasteiger partial charge in [-0.1, -0.05) is 54.0 Å². The average molecular weight is 241 g/mol. The summed E-state index contributed by atoms with van der Waals surface area (Å²) in [6.45, 7) is 4.54. The maximum absolute atomic E-state index is 3.44. The summed E-state index contributed by atoms with van der Waals surface area (Å²) in [5.41, 5.74) is 2.81. The van der Waals surface area contributed by atoms with Crippen molar-refractivity contribution in [2.24, 2.45) is 5.92 Å². The summed E-state index contributed by atoms with van der Waals surface area (Å²) in [7, 11) is 0. The number of rotatable bonds is 4. The molecule has 0 spiro atoms. The predicted octanol–water partition coefficient (Wildman–Crippen LogP) is 4.17. The van der Waals surface area contributed by atoms with Gasteiger partial charge in [-0.2, -0.15) is 0 Å². The molecule has 0 aliphatic heterocycles. The predicted molar refractivity (Wildman–Crippen MR) is 62.2 cm³/mol. The zero-order valence-electron chi connectivity index (χ0n) is 8.39. The first-order valence-electron chi connectivity index (χ1n) is 4.86. The van der Waals surface area contributed by atoms with Crippen LogP contribution < -0.4 is 0 Å². The number of benzene rings is 1. The topological polar surface area (TPSA) is 0 Å². The molecule has 0 aliphatic rings. The Morgan fingerprint density at radius 1 is 1.08 bits per heavy atom. The second-order valence-electron chi connectivity index (χ2n) is 3.88. The van der Waals surface area contributed by atoms with E-state index in [0.29, 0.717) is 0 Å². The third-order valence-corrected chi connectivity index (χ3v) is 2.84. The van der Waals surface area contributed by atoms with Gasteiger partial charge in [-0.15, -0.1) is 0 Å². The van der Waals surface area contributed by atoms with Gasteiger partial charge in [-0.3, -0.25) is 0 Å². The summed E-state index contributed by atoms with van der Waals surface area (Å²) in [6, 6.07) is 8.87. The van der Waals surface area contributed by atoms with E-state index in [1.165, 1.54) is 24.0 Å². The molecule has 0 radical (unpaired) electrons. The summed E-state index contributed by atoms with van der Waals surface area (Å²) >= 11 is 3.44. The fourth-order valence-corrected chi connectivity index (χ4v) is 1.62. The first-order valence-corrected chi connectivity index (χ1v) is 5.98. The molecule has 0 amide bonds. The monoisotopic (exact) mass is 240 g/mol. The van der Waals surface area contributed by atoms with E-state index in [9.17, 15) is 0 Å². The van der Waals surface area contributed by atoms with Crippen molar-refractivity contribution in [3.05, 3.63) is 35.4 Å². The van der Waals surface area contributed by atoms with Crippen molar-refractivity contribution in [3.63, 3.8) is 0 Å². The van der Waals surface area contributed by atoms with E-state index in [0.717, 1.165) is 11.2 Å². The van der Waals surface area contributed by atoms with Gasteiger partial charge in [0, 0.05) is 5.33 Å². The molecular formula is C12H17Br. The minimum atomic E-state index is 0.802. The maximum Gasteiger partial charge on any atom is 0.0283 e. The zero-order valence-corrected chi connectivity index (χ0v) is 9.97. The minimum absolute atomic E-state index is 0.802. The third kappa shape index (κ3) is 3.95. The molecule has 0 atom stereocenters. The van der Waals surface area contributed by atoms with Crippen LogP contribution in [-0.4, -0.2) is 0 Å². The fourth-order valence-electron chi connectivity index (χ4n) is 1.25. The summed E-state index contributed by atoms with van der Waals surface area (Å²) in [5, 5.41) is 0.956. The van der Waals surface area contributed by atoms with Crippen molar-refractivity contribution in [2.75, 3.05) is 0 Å². The van der Waals surface area contributed by atoms with Gasteiger partial charge < -0.3 is 0 Å². The van der Waals surface area contributed by atoms with Crippen molar-refractivity contribution in [1.29, 1.82) is 0 Å². The van der Waals surface area contributed by atoms with Crippen LogP contribution in [0, 0.1) is 5.92 Å². The van der Waals surface area contributed by atoms with Crippen LogP contribution in [0.4, 0.5) is 0 Å². The molecular weight excluding hydrogens is 224 g/mol. The van der Waals surface area contributed by atoms with Gasteiger partial charge in [0.05, 0.1) is 0 Å². The number of hydrogen-bond donors (Lipinski definition) is 0. The van der Waals surface area contributed by atoms with E-state index >= 15 is 0 Å². The largest absolute Gasteiger partial charge is 0.0876 e. The van der Waals surface area contributed by atoms with E-state index in [4.69, 9.17) is 0 Å². The summed E-state index contributed by atoms with van der Waals surface area (Å²) in [4.78, 5) is 0. The highest BCUT2D eigenvalue weighted by Gasteiger charge is 1.96. The van der Waals surface area contributed by atoms with Crippen LogP contribution in [0.2, 0.25) is 0 Å². The fraction of sp³-hybridized carbons (Fsp3) is 0.500. The summed E-state index contributed by atoms with van der Waals surface area (Å²) in [5.74, 6) is 0.802. The molecule has 0 unspecified atom stereocenters. The molecule has 1 aromatic rings. The van der Waals surface area contributed by atoms with Crippen LogP contribution in [0.5, 0.6) is 0 Å². The van der Waals surface area contributed by atoms with Crippen molar-refractivity contribution in [1.82, 2.24) is 0 Å². The van der Waals surface area contributed by atoms with Crippen LogP contribution in [0.25, 0.3) is 0 Å². The lowest BCUT2D eigenvalue weighted by Crippen LogP contribution is -1.92. The molecule has 1 heteroatoms. The van der Waals surface area contributed by atoms with Crippen molar-refractivity contribution in [3.8, 4) is 0 Å². The molecule has 0 saturated heterocycles. The molecule has 0 saturated carbocycles. The number of hydrogen-bond acceptors (Lipinski definition) is 0. The Balaban J connectivity index is 2.49. The Kier molecular flexibility index (Phi) is 4.51. The van der Waals surface area contributed by atoms with Crippen LogP contribution in [0.3, 0.4) is 0 Å². The zero-order chi connectivity index (χ0) is 9.68. The highest BCUT2D eigenvalue weighted by atomic mass is 79.9. The van der Waals surface area contributed by atoms with Crippen molar-refractivity contribution < 1.29 is 0 Å². The van der Waals surface area contributed by atoms with E-state index in [-0.39, 0.29) is 0 Å². The van der Waals surface area contributed by atoms with Gasteiger partial charge in [0.2, 0.25) is 0 Å². The van der Waals surface area contributed by atoms with Crippen LogP contribution in [0.1, 0.15) is 31.4 Å². The first-order chi connectivity index (χ1) is 6.22. The van der Waals surface area contributed by atoms with Gasteiger partial charge in [0.15, 0.2) is 0 Å². The SMILES string of the molecule is CC(C)CCc1ccc(CBr)cc1. The highest BCUT2D eigenvalue weighted by molar-refractivity contribution is 9.08. The Morgan fingerprint density at radius 3 is 2.08 bits per heavy atom. The second-order valence-corrected chi connectivity index (χ2v) is 4.44. The van der Waals surface area contributed by atoms with E-state index < -0.39 is 0 Å². The molecule has 0 N–H and O–H groups in total. The summed E-state index contributed by atoms with van der Waals surface area (Å²) in [6.07, 6.45) is 2.49. The number of alkyl halides is 1. The lowest BCUT2D eigenvalue weighted by atomic mass is 10.0. The van der Waals surface area contributed by atoms with E-state index in [2.05, 4.69) is 54.0 Å². The molecule has 1 aromatic carbocycles. The van der Waals surface area contributed by atoms with Crippen LogP contribution >= 0.6 is 15.9 Å². The van der Waals surface area contributed by atoms with Gasteiger partial charge in [-0.25, -0.2) is 0 Å². The first kappa shape index (κ1) is 10.8. The standard InChI is InChI=1S/C12H17Br/c1-10(2)3-4-11-5-7-12(9-13)8-6-11/h5-8,10H,3-4,9H2,1-2H3. The third-order valence-electron chi connectivity index (χ3n) is 2.19. The molecule has 0 fully saturated rings. The van der Waals surface area contributed by atoms with E-state index in [1.807, 2.05) is 0 Å². The van der Waals surface area contributed by atoms with Gasteiger partial charge in [-0.05, 0) is 29.9 Å². The highest BCUT2D eigenvalue weighted by Crippen LogP contribution is 2.11. The van der Waals surface area contributed by atoms with Crippen LogP contribution in [0.15, 0.2) is 24.3 Å². The Labute approximate surface area is 89.5 Å². The normalized spacial score (nSPS) is 10.8. The minimum Gasteiger partial charge on any atom is -0.0876 e. The lowest BCUT2D eigenvalue weighted by Gasteiger charge is -2.04. The molecule has 0 aliphatic carbocycles. The molecule has 0 aromatic heterocycles. The number of aryl methyl sites for hydroxylation is 1. The molecule has 13 heavy (non-hydrogen) atoms. The molecule has 0 nitrogen and oxygen atoms in total. The lowest BCUT2D eigenvalue weighted by molar-refractivity contribution is 0.586. The van der Waals surface area contributed by atoms with Crippen molar-refractivity contribution >= 4 is 15.9 Å². The second kappa shape index (κ2) is 5.43. The molecule has 1 rings (SSSR count). The van der Waals surface area contributed by atoms with Gasteiger partial charge in [0.25, 0.3) is 0 Å². The van der Waals surface area contributed by atoms with Gasteiger partial charge >= 0.3 is 0 Å². The van der Waals surface area contributed by atoms with Gasteiger partial charge in [0.1, 0.15) is 0 Å². The summed E-state index contributed by atoms with van der Waals surface area (Å²) < 4.78 is 0. The smallest absolute Gasteiger partial charge is 0.0283 e. The molecule has 0 heterocycles. The average Bonchev–Trinajstić information content (AvgIpc) is 2.15. The number of halogens is 1.